The van der Waals surface area contributed by atoms with Crippen LogP contribution in [0.25, 0.3) is 0 Å². The summed E-state index contributed by atoms with van der Waals surface area (Å²) >= 11 is 0. The number of hydrogen-bond acceptors (Lipinski definition) is 3. The molecule has 0 atom stereocenters. The number of allylic oxidation sites excluding steroid dienone is 2. The van der Waals surface area contributed by atoms with Gasteiger partial charge >= 0.3 is 0 Å². The number of carbonyl (C=O) groups excluding carboxylic acids is 1. The van der Waals surface area contributed by atoms with Crippen molar-refractivity contribution in [3.05, 3.63) is 11.8 Å². The van der Waals surface area contributed by atoms with E-state index in [1.54, 1.807) is 6.92 Å². The van der Waals surface area contributed by atoms with Gasteiger partial charge in [0, 0.05) is 11.8 Å². The van der Waals surface area contributed by atoms with E-state index in [2.05, 4.69) is 0 Å². The Hall–Kier alpha value is -0.830. The lowest BCUT2D eigenvalue weighted by Gasteiger charge is -1.91. The third-order valence-corrected chi connectivity index (χ3v) is 0.596. The lowest BCUT2D eigenvalue weighted by Crippen LogP contribution is -2.04. The molecule has 0 fully saturated rings. The number of carbonyl (C=O) groups is 1. The van der Waals surface area contributed by atoms with Crippen molar-refractivity contribution >= 4 is 5.78 Å². The van der Waals surface area contributed by atoms with Crippen LogP contribution in [-0.2, 0) is 4.79 Å². The van der Waals surface area contributed by atoms with Crippen molar-refractivity contribution in [3.63, 3.8) is 0 Å². The van der Waals surface area contributed by atoms with Gasteiger partial charge in [-0.25, -0.2) is 0 Å². The predicted molar refractivity (Wildman–Crippen MR) is 29.4 cm³/mol. The minimum Gasteiger partial charge on any atom is -0.295 e. The Bertz CT molecular complexity index is 118. The molecular formula is C5H9NO2. The summed E-state index contributed by atoms with van der Waals surface area (Å²) in [5.74, 6) is -0.0796. The van der Waals surface area contributed by atoms with E-state index in [1.807, 2.05) is 5.48 Å². The van der Waals surface area contributed by atoms with E-state index in [9.17, 15) is 4.79 Å². The lowest BCUT2D eigenvalue weighted by atomic mass is 10.3. The third kappa shape index (κ3) is 3.36. The predicted octanol–water partition coefficient (Wildman–Crippen LogP) is 0.458. The Balaban J connectivity index is 3.75. The first kappa shape index (κ1) is 7.17. The summed E-state index contributed by atoms with van der Waals surface area (Å²) in [5.41, 5.74) is 2.29. The van der Waals surface area contributed by atoms with E-state index in [0.29, 0.717) is 5.70 Å². The average Bonchev–Trinajstić information content (AvgIpc) is 1.65. The lowest BCUT2D eigenvalue weighted by molar-refractivity contribution is -0.112. The number of rotatable bonds is 2. The zero-order valence-corrected chi connectivity index (χ0v) is 4.93. The van der Waals surface area contributed by atoms with Gasteiger partial charge in [-0.3, -0.25) is 15.5 Å². The van der Waals surface area contributed by atoms with Gasteiger partial charge in [-0.05, 0) is 13.8 Å². The monoisotopic (exact) mass is 115 g/mol. The Morgan fingerprint density at radius 1 is 1.62 bits per heavy atom. The maximum absolute atomic E-state index is 10.2. The molecule has 0 saturated heterocycles. The standard InChI is InChI=1S/C5H9NO2/c1-4(6-8)3-5(2)7/h3,6,8H,1-2H3. The molecule has 0 aliphatic heterocycles. The minimum atomic E-state index is -0.0796. The molecule has 0 aliphatic carbocycles. The maximum Gasteiger partial charge on any atom is 0.154 e. The van der Waals surface area contributed by atoms with Crippen molar-refractivity contribution in [2.45, 2.75) is 13.8 Å². The summed E-state index contributed by atoms with van der Waals surface area (Å²) in [4.78, 5) is 10.2. The van der Waals surface area contributed by atoms with Crippen LogP contribution in [0.1, 0.15) is 13.8 Å². The summed E-state index contributed by atoms with van der Waals surface area (Å²) in [6, 6.07) is 0. The first-order chi connectivity index (χ1) is 3.66. The Labute approximate surface area is 48.0 Å². The van der Waals surface area contributed by atoms with Crippen molar-refractivity contribution in [1.82, 2.24) is 5.48 Å². The van der Waals surface area contributed by atoms with Gasteiger partial charge in [0.1, 0.15) is 0 Å². The van der Waals surface area contributed by atoms with E-state index in [4.69, 9.17) is 5.21 Å². The van der Waals surface area contributed by atoms with Crippen LogP contribution >= 0.6 is 0 Å². The molecule has 0 bridgehead atoms. The molecule has 8 heavy (non-hydrogen) atoms. The second-order valence-electron chi connectivity index (χ2n) is 1.55. The molecule has 0 radical (unpaired) electrons. The van der Waals surface area contributed by atoms with Gasteiger partial charge in [-0.1, -0.05) is 0 Å². The van der Waals surface area contributed by atoms with Crippen molar-refractivity contribution in [2.24, 2.45) is 0 Å². The highest BCUT2D eigenvalue weighted by Crippen LogP contribution is 1.82. The van der Waals surface area contributed by atoms with Crippen LogP contribution in [0.3, 0.4) is 0 Å². The highest BCUT2D eigenvalue weighted by molar-refractivity contribution is 5.87. The van der Waals surface area contributed by atoms with Crippen LogP contribution in [0.4, 0.5) is 0 Å². The Morgan fingerprint density at radius 2 is 2.12 bits per heavy atom. The maximum atomic E-state index is 10.2. The molecule has 0 rings (SSSR count). The first-order valence-corrected chi connectivity index (χ1v) is 2.26. The van der Waals surface area contributed by atoms with Gasteiger partial charge in [-0.2, -0.15) is 0 Å². The van der Waals surface area contributed by atoms with Crippen LogP contribution < -0.4 is 5.48 Å². The van der Waals surface area contributed by atoms with Gasteiger partial charge in [0.2, 0.25) is 0 Å². The smallest absolute Gasteiger partial charge is 0.154 e. The molecular weight excluding hydrogens is 106 g/mol. The van der Waals surface area contributed by atoms with Gasteiger partial charge in [0.25, 0.3) is 0 Å². The van der Waals surface area contributed by atoms with Gasteiger partial charge in [0.05, 0.1) is 0 Å². The Morgan fingerprint density at radius 3 is 2.25 bits per heavy atom. The van der Waals surface area contributed by atoms with E-state index in [-0.39, 0.29) is 5.78 Å². The minimum absolute atomic E-state index is 0.0796. The summed E-state index contributed by atoms with van der Waals surface area (Å²) in [6.45, 7) is 3.02. The quantitative estimate of drug-likeness (QED) is 0.406. The van der Waals surface area contributed by atoms with Crippen LogP contribution in [0.15, 0.2) is 11.8 Å². The zero-order valence-electron chi connectivity index (χ0n) is 4.93. The van der Waals surface area contributed by atoms with Crippen molar-refractivity contribution in [3.8, 4) is 0 Å². The molecule has 3 nitrogen and oxygen atoms in total. The molecule has 0 unspecified atom stereocenters. The molecule has 0 aromatic rings. The summed E-state index contributed by atoms with van der Waals surface area (Å²) in [7, 11) is 0. The highest BCUT2D eigenvalue weighted by atomic mass is 16.5. The topological polar surface area (TPSA) is 49.3 Å². The molecule has 0 heterocycles. The van der Waals surface area contributed by atoms with E-state index in [0.717, 1.165) is 0 Å². The number of hydrogen-bond donors (Lipinski definition) is 2. The molecule has 0 aliphatic rings. The summed E-state index contributed by atoms with van der Waals surface area (Å²) < 4.78 is 0. The second kappa shape index (κ2) is 3.21. The highest BCUT2D eigenvalue weighted by Gasteiger charge is 1.85. The van der Waals surface area contributed by atoms with Crippen LogP contribution in [0, 0.1) is 0 Å². The number of nitrogens with one attached hydrogen (secondary N) is 1. The SMILES string of the molecule is CC(=O)C=C(C)NO. The second-order valence-corrected chi connectivity index (χ2v) is 1.55. The van der Waals surface area contributed by atoms with Crippen molar-refractivity contribution in [2.75, 3.05) is 0 Å². The van der Waals surface area contributed by atoms with Gasteiger partial charge in [0.15, 0.2) is 5.78 Å². The first-order valence-electron chi connectivity index (χ1n) is 2.26. The number of hydroxylamine groups is 1. The van der Waals surface area contributed by atoms with Crippen LogP contribution in [0.2, 0.25) is 0 Å². The van der Waals surface area contributed by atoms with Gasteiger partial charge < -0.3 is 0 Å². The molecule has 0 saturated carbocycles. The third-order valence-electron chi connectivity index (χ3n) is 0.596. The molecule has 0 aromatic heterocycles. The van der Waals surface area contributed by atoms with Crippen LogP contribution in [-0.4, -0.2) is 11.0 Å². The largest absolute Gasteiger partial charge is 0.295 e. The summed E-state index contributed by atoms with van der Waals surface area (Å²) in [5, 5.41) is 8.11. The molecule has 0 aromatic carbocycles. The van der Waals surface area contributed by atoms with Crippen LogP contribution in [0.5, 0.6) is 0 Å². The van der Waals surface area contributed by atoms with Crippen molar-refractivity contribution in [1.29, 1.82) is 0 Å². The molecule has 46 valence electrons. The van der Waals surface area contributed by atoms with E-state index < -0.39 is 0 Å². The van der Waals surface area contributed by atoms with E-state index in [1.165, 1.54) is 13.0 Å². The molecule has 0 amide bonds. The summed E-state index contributed by atoms with van der Waals surface area (Å²) in [6.07, 6.45) is 1.31. The fourth-order valence-electron chi connectivity index (χ4n) is 0.337. The fraction of sp³-hybridized carbons (Fsp3) is 0.400. The molecule has 2 N–H and O–H groups in total. The normalized spacial score (nSPS) is 11.1. The van der Waals surface area contributed by atoms with E-state index >= 15 is 0 Å². The number of ketones is 1. The fourth-order valence-corrected chi connectivity index (χ4v) is 0.337. The van der Waals surface area contributed by atoms with Gasteiger partial charge in [-0.15, -0.1) is 0 Å². The Kier molecular flexibility index (Phi) is 2.88. The molecule has 0 spiro atoms. The average molecular weight is 115 g/mol. The zero-order chi connectivity index (χ0) is 6.57. The molecule has 3 heteroatoms. The van der Waals surface area contributed by atoms with Crippen molar-refractivity contribution < 1.29 is 10.0 Å².